The first kappa shape index (κ1) is 15.9. The lowest BCUT2D eigenvalue weighted by atomic mass is 9.95. The van der Waals surface area contributed by atoms with Crippen LogP contribution in [0, 0.1) is 0 Å². The number of aromatic nitrogens is 2. The summed E-state index contributed by atoms with van der Waals surface area (Å²) < 4.78 is 6.00. The van der Waals surface area contributed by atoms with E-state index in [0.29, 0.717) is 12.5 Å². The topological polar surface area (TPSA) is 47.0 Å². The lowest BCUT2D eigenvalue weighted by Gasteiger charge is -2.30. The number of rotatable bonds is 7. The molecule has 4 nitrogen and oxygen atoms in total. The minimum Gasteiger partial charge on any atom is -0.373 e. The second-order valence-electron chi connectivity index (χ2n) is 5.04. The molecule has 0 saturated heterocycles. The monoisotopic (exact) mass is 265 g/mol. The van der Waals surface area contributed by atoms with Gasteiger partial charge in [-0.1, -0.05) is 27.7 Å². The quantitative estimate of drug-likeness (QED) is 0.816. The number of nitrogens with one attached hydrogen (secondary N) is 1. The van der Waals surface area contributed by atoms with Crippen molar-refractivity contribution in [2.24, 2.45) is 0 Å². The van der Waals surface area contributed by atoms with E-state index in [1.54, 1.807) is 0 Å². The van der Waals surface area contributed by atoms with Crippen LogP contribution < -0.4 is 5.32 Å². The highest BCUT2D eigenvalue weighted by atomic mass is 16.5. The van der Waals surface area contributed by atoms with Gasteiger partial charge in [0.1, 0.15) is 11.4 Å². The molecule has 0 bridgehead atoms. The van der Waals surface area contributed by atoms with Crippen molar-refractivity contribution in [2.75, 3.05) is 19.0 Å². The summed E-state index contributed by atoms with van der Waals surface area (Å²) in [6, 6.07) is 2.01. The molecule has 0 amide bonds. The van der Waals surface area contributed by atoms with Crippen molar-refractivity contribution < 1.29 is 4.74 Å². The first-order valence-corrected chi connectivity index (χ1v) is 7.24. The molecule has 0 radical (unpaired) electrons. The van der Waals surface area contributed by atoms with E-state index in [1.807, 2.05) is 20.0 Å². The molecule has 4 heteroatoms. The highest BCUT2D eigenvalue weighted by molar-refractivity contribution is 5.37. The normalized spacial score (nSPS) is 11.9. The molecule has 1 rings (SSSR count). The maximum absolute atomic E-state index is 6.00. The van der Waals surface area contributed by atoms with E-state index < -0.39 is 0 Å². The fraction of sp³-hybridized carbons (Fsp3) is 0.733. The third-order valence-corrected chi connectivity index (χ3v) is 3.56. The Morgan fingerprint density at radius 1 is 1.21 bits per heavy atom. The molecule has 0 atom stereocenters. The molecule has 108 valence electrons. The van der Waals surface area contributed by atoms with Gasteiger partial charge < -0.3 is 10.1 Å². The summed E-state index contributed by atoms with van der Waals surface area (Å²) in [5, 5.41) is 3.12. The average Bonchev–Trinajstić information content (AvgIpc) is 2.44. The lowest BCUT2D eigenvalue weighted by Crippen LogP contribution is -2.31. The molecule has 19 heavy (non-hydrogen) atoms. The van der Waals surface area contributed by atoms with Crippen LogP contribution in [0.3, 0.4) is 0 Å². The summed E-state index contributed by atoms with van der Waals surface area (Å²) in [6.45, 7) is 11.2. The molecular weight excluding hydrogens is 238 g/mol. The maximum atomic E-state index is 6.00. The summed E-state index contributed by atoms with van der Waals surface area (Å²) in [5.41, 5.74) is 0.686. The smallest absolute Gasteiger partial charge is 0.162 e. The van der Waals surface area contributed by atoms with E-state index in [4.69, 9.17) is 9.72 Å². The number of hydrogen-bond acceptors (Lipinski definition) is 4. The van der Waals surface area contributed by atoms with Crippen LogP contribution in [0.5, 0.6) is 0 Å². The Bertz CT molecular complexity index is 400. The highest BCUT2D eigenvalue weighted by Gasteiger charge is 2.33. The average molecular weight is 265 g/mol. The molecule has 0 aliphatic heterocycles. The number of hydrogen-bond donors (Lipinski definition) is 1. The van der Waals surface area contributed by atoms with Gasteiger partial charge in [-0.3, -0.25) is 0 Å². The van der Waals surface area contributed by atoms with Crippen LogP contribution in [0.15, 0.2) is 6.07 Å². The zero-order chi connectivity index (χ0) is 14.5. The van der Waals surface area contributed by atoms with Crippen LogP contribution in [0.2, 0.25) is 0 Å². The predicted octanol–water partition coefficient (Wildman–Crippen LogP) is 3.69. The van der Waals surface area contributed by atoms with Gasteiger partial charge in [0.25, 0.3) is 0 Å². The second kappa shape index (κ2) is 6.85. The number of nitrogens with zero attached hydrogens (tertiary/aromatic N) is 2. The number of ether oxygens (including phenoxy) is 1. The highest BCUT2D eigenvalue weighted by Crippen LogP contribution is 2.32. The van der Waals surface area contributed by atoms with Crippen molar-refractivity contribution in [3.8, 4) is 0 Å². The van der Waals surface area contributed by atoms with Crippen LogP contribution in [-0.4, -0.2) is 23.6 Å². The predicted molar refractivity (Wildman–Crippen MR) is 79.6 cm³/mol. The minimum absolute atomic E-state index is 0.370. The van der Waals surface area contributed by atoms with E-state index >= 15 is 0 Å². The molecule has 1 N–H and O–H groups in total. The van der Waals surface area contributed by atoms with E-state index in [-0.39, 0.29) is 5.60 Å². The Kier molecular flexibility index (Phi) is 5.73. The molecule has 1 aromatic heterocycles. The van der Waals surface area contributed by atoms with Gasteiger partial charge in [0, 0.05) is 25.4 Å². The summed E-state index contributed by atoms with van der Waals surface area (Å²) >= 11 is 0. The molecule has 0 fully saturated rings. The Balaban J connectivity index is 3.32. The summed E-state index contributed by atoms with van der Waals surface area (Å²) in [7, 11) is 1.89. The minimum atomic E-state index is -0.370. The van der Waals surface area contributed by atoms with Crippen molar-refractivity contribution in [3.05, 3.63) is 17.6 Å². The van der Waals surface area contributed by atoms with Gasteiger partial charge in [-0.15, -0.1) is 0 Å². The van der Waals surface area contributed by atoms with Crippen LogP contribution in [0.4, 0.5) is 5.82 Å². The molecule has 0 aliphatic rings. The van der Waals surface area contributed by atoms with Gasteiger partial charge in [0.05, 0.1) is 0 Å². The Morgan fingerprint density at radius 2 is 1.84 bits per heavy atom. The van der Waals surface area contributed by atoms with Gasteiger partial charge in [-0.05, 0) is 25.7 Å². The van der Waals surface area contributed by atoms with E-state index in [1.165, 1.54) is 0 Å². The first-order valence-electron chi connectivity index (χ1n) is 7.24. The van der Waals surface area contributed by atoms with Crippen molar-refractivity contribution in [3.63, 3.8) is 0 Å². The summed E-state index contributed by atoms with van der Waals surface area (Å²) in [5.74, 6) is 2.04. The molecular formula is C15H27N3O. The molecule has 1 heterocycles. The summed E-state index contributed by atoms with van der Waals surface area (Å²) in [4.78, 5) is 9.36. The zero-order valence-electron chi connectivity index (χ0n) is 13.1. The largest absolute Gasteiger partial charge is 0.373 e. The molecule has 0 aromatic carbocycles. The van der Waals surface area contributed by atoms with E-state index in [2.05, 4.69) is 38.0 Å². The van der Waals surface area contributed by atoms with E-state index in [9.17, 15) is 0 Å². The fourth-order valence-electron chi connectivity index (χ4n) is 2.20. The Labute approximate surface area is 117 Å². The zero-order valence-corrected chi connectivity index (χ0v) is 13.1. The number of anilines is 1. The van der Waals surface area contributed by atoms with Crippen LogP contribution in [0.1, 0.15) is 64.9 Å². The van der Waals surface area contributed by atoms with Crippen molar-refractivity contribution >= 4 is 5.82 Å². The molecule has 1 aromatic rings. The molecule has 0 aliphatic carbocycles. The molecule has 0 saturated carbocycles. The van der Waals surface area contributed by atoms with Crippen molar-refractivity contribution in [1.29, 1.82) is 0 Å². The van der Waals surface area contributed by atoms with Crippen LogP contribution in [0.25, 0.3) is 0 Å². The third-order valence-electron chi connectivity index (χ3n) is 3.56. The van der Waals surface area contributed by atoms with Crippen LogP contribution in [-0.2, 0) is 10.3 Å². The Morgan fingerprint density at radius 3 is 2.26 bits per heavy atom. The third kappa shape index (κ3) is 3.44. The van der Waals surface area contributed by atoms with Crippen molar-refractivity contribution in [2.45, 2.75) is 59.0 Å². The summed E-state index contributed by atoms with van der Waals surface area (Å²) in [6.07, 6.45) is 1.75. The Hall–Kier alpha value is -1.16. The molecule has 0 spiro atoms. The second-order valence-corrected chi connectivity index (χ2v) is 5.04. The van der Waals surface area contributed by atoms with Gasteiger partial charge in [0.15, 0.2) is 5.82 Å². The first-order chi connectivity index (χ1) is 9.02. The molecule has 0 unspecified atom stereocenters. The maximum Gasteiger partial charge on any atom is 0.162 e. The van der Waals surface area contributed by atoms with Gasteiger partial charge in [-0.25, -0.2) is 9.97 Å². The SMILES string of the molecule is CCOC(CC)(CC)c1nc(NC)cc(C(C)C)n1. The van der Waals surface area contributed by atoms with Gasteiger partial charge in [-0.2, -0.15) is 0 Å². The van der Waals surface area contributed by atoms with Gasteiger partial charge in [0.2, 0.25) is 0 Å². The fourth-order valence-corrected chi connectivity index (χ4v) is 2.20. The van der Waals surface area contributed by atoms with Gasteiger partial charge >= 0.3 is 0 Å². The van der Waals surface area contributed by atoms with Crippen LogP contribution >= 0.6 is 0 Å². The lowest BCUT2D eigenvalue weighted by molar-refractivity contribution is -0.0572. The standard InChI is InChI=1S/C15H27N3O/c1-7-15(8-2,19-9-3)14-17-12(11(4)5)10-13(16-6)18-14/h10-11H,7-9H2,1-6H3,(H,16,17,18). The van der Waals surface area contributed by atoms with Crippen molar-refractivity contribution in [1.82, 2.24) is 9.97 Å². The van der Waals surface area contributed by atoms with E-state index in [0.717, 1.165) is 30.2 Å².